The van der Waals surface area contributed by atoms with Crippen molar-refractivity contribution in [1.29, 1.82) is 5.41 Å². The third kappa shape index (κ3) is 2.43. The number of hydrogen-bond donors (Lipinski definition) is 1. The molecule has 1 N–H and O–H groups in total. The number of carbonyl (C=O) groups excluding carboxylic acids is 1. The first-order valence-electron chi connectivity index (χ1n) is 8.74. The fraction of sp³-hybridized carbons (Fsp3) is 0.136. The summed E-state index contributed by atoms with van der Waals surface area (Å²) in [5, 5.41) is 8.38. The summed E-state index contributed by atoms with van der Waals surface area (Å²) in [4.78, 5) is 20.8. The van der Waals surface area contributed by atoms with Crippen LogP contribution < -0.4 is 0 Å². The number of aromatic nitrogens is 1. The molecule has 3 aromatic rings. The zero-order valence-corrected chi connectivity index (χ0v) is 15.3. The molecule has 5 nitrogen and oxygen atoms in total. The molecule has 1 amide bonds. The number of nitrogens with zero attached hydrogens (tertiary/aromatic N) is 3. The first-order valence-corrected chi connectivity index (χ1v) is 8.74. The number of hydrogen-bond acceptors (Lipinski definition) is 3. The van der Waals surface area contributed by atoms with Crippen LogP contribution in [0, 0.1) is 5.41 Å². The summed E-state index contributed by atoms with van der Waals surface area (Å²) in [7, 11) is 3.45. The summed E-state index contributed by atoms with van der Waals surface area (Å²) >= 11 is 0. The molecular formula is C22H20N4O. The molecular weight excluding hydrogens is 336 g/mol. The van der Waals surface area contributed by atoms with Crippen molar-refractivity contribution in [1.82, 2.24) is 14.8 Å². The van der Waals surface area contributed by atoms with E-state index in [1.807, 2.05) is 72.9 Å². The Kier molecular flexibility index (Phi) is 4.00. The van der Waals surface area contributed by atoms with Gasteiger partial charge in [-0.25, -0.2) is 0 Å². The van der Waals surface area contributed by atoms with Gasteiger partial charge in [0, 0.05) is 26.5 Å². The maximum atomic E-state index is 13.4. The highest BCUT2D eigenvalue weighted by Gasteiger charge is 2.55. The van der Waals surface area contributed by atoms with Crippen LogP contribution in [0.1, 0.15) is 11.1 Å². The van der Waals surface area contributed by atoms with E-state index in [1.165, 1.54) is 4.90 Å². The van der Waals surface area contributed by atoms with Gasteiger partial charge >= 0.3 is 0 Å². The fourth-order valence-corrected chi connectivity index (χ4v) is 3.80. The monoisotopic (exact) mass is 356 g/mol. The van der Waals surface area contributed by atoms with E-state index >= 15 is 0 Å². The Labute approximate surface area is 158 Å². The van der Waals surface area contributed by atoms with Gasteiger partial charge in [-0.15, -0.1) is 0 Å². The van der Waals surface area contributed by atoms with E-state index in [0.29, 0.717) is 0 Å². The molecule has 27 heavy (non-hydrogen) atoms. The smallest absolute Gasteiger partial charge is 0.264 e. The predicted octanol–water partition coefficient (Wildman–Crippen LogP) is 3.33. The number of carbonyl (C=O) groups is 1. The van der Waals surface area contributed by atoms with Gasteiger partial charge in [-0.05, 0) is 34.4 Å². The standard InChI is InChI=1S/C22H20N4O/c1-25-20(27)22(26(2)21(25)23,18-10-4-3-5-11-18)19-12-6-8-16(14-19)17-9-7-13-24-15-17/h3-15,23H,1-2H3. The molecule has 1 aromatic heterocycles. The summed E-state index contributed by atoms with van der Waals surface area (Å²) < 4.78 is 0. The van der Waals surface area contributed by atoms with Crippen LogP contribution in [0.2, 0.25) is 0 Å². The van der Waals surface area contributed by atoms with Crippen LogP contribution in [0.25, 0.3) is 11.1 Å². The van der Waals surface area contributed by atoms with Gasteiger partial charge in [0.05, 0.1) is 0 Å². The highest BCUT2D eigenvalue weighted by molar-refractivity contribution is 6.10. The Balaban J connectivity index is 1.97. The van der Waals surface area contributed by atoms with Gasteiger partial charge in [-0.1, -0.05) is 54.6 Å². The zero-order valence-electron chi connectivity index (χ0n) is 15.3. The van der Waals surface area contributed by atoms with Gasteiger partial charge < -0.3 is 4.90 Å². The van der Waals surface area contributed by atoms with Gasteiger partial charge in [0.2, 0.25) is 5.96 Å². The summed E-state index contributed by atoms with van der Waals surface area (Å²) in [6.07, 6.45) is 3.55. The minimum atomic E-state index is -1.06. The molecule has 1 unspecified atom stereocenters. The lowest BCUT2D eigenvalue weighted by Gasteiger charge is -2.34. The summed E-state index contributed by atoms with van der Waals surface area (Å²) in [6, 6.07) is 21.5. The van der Waals surface area contributed by atoms with E-state index < -0.39 is 5.54 Å². The molecule has 0 bridgehead atoms. The Hall–Kier alpha value is -3.47. The van der Waals surface area contributed by atoms with E-state index in [-0.39, 0.29) is 11.9 Å². The molecule has 0 radical (unpaired) electrons. The number of guanidine groups is 1. The van der Waals surface area contributed by atoms with E-state index in [9.17, 15) is 4.79 Å². The minimum Gasteiger partial charge on any atom is -0.323 e. The minimum absolute atomic E-state index is 0.135. The lowest BCUT2D eigenvalue weighted by atomic mass is 9.80. The largest absolute Gasteiger partial charge is 0.323 e. The van der Waals surface area contributed by atoms with Gasteiger partial charge in [0.1, 0.15) is 0 Å². The molecule has 1 atom stereocenters. The van der Waals surface area contributed by atoms with Crippen molar-refractivity contribution in [3.63, 3.8) is 0 Å². The Morgan fingerprint density at radius 2 is 1.59 bits per heavy atom. The third-order valence-electron chi connectivity index (χ3n) is 5.22. The number of rotatable bonds is 3. The van der Waals surface area contributed by atoms with Crippen LogP contribution in [0.3, 0.4) is 0 Å². The normalized spacial score (nSPS) is 19.6. The lowest BCUT2D eigenvalue weighted by Crippen LogP contribution is -2.46. The molecule has 4 rings (SSSR count). The quantitative estimate of drug-likeness (QED) is 0.783. The van der Waals surface area contributed by atoms with E-state index in [2.05, 4.69) is 4.98 Å². The average molecular weight is 356 g/mol. The summed E-state index contributed by atoms with van der Waals surface area (Å²) in [5.74, 6) is 0.0418. The van der Waals surface area contributed by atoms with Crippen molar-refractivity contribution in [2.24, 2.45) is 0 Å². The van der Waals surface area contributed by atoms with Crippen molar-refractivity contribution < 1.29 is 4.79 Å². The van der Waals surface area contributed by atoms with E-state index in [0.717, 1.165) is 22.3 Å². The van der Waals surface area contributed by atoms with Crippen LogP contribution in [0.5, 0.6) is 0 Å². The molecule has 134 valence electrons. The number of benzene rings is 2. The van der Waals surface area contributed by atoms with Crippen LogP contribution in [-0.2, 0) is 10.3 Å². The topological polar surface area (TPSA) is 60.3 Å². The third-order valence-corrected chi connectivity index (χ3v) is 5.22. The SMILES string of the molecule is CN1C(=N)N(C)C(c2ccccc2)(c2cccc(-c3cccnc3)c2)C1=O. The molecule has 0 spiro atoms. The maximum Gasteiger partial charge on any atom is 0.264 e. The zero-order chi connectivity index (χ0) is 19.0. The fourth-order valence-electron chi connectivity index (χ4n) is 3.80. The predicted molar refractivity (Wildman–Crippen MR) is 105 cm³/mol. The molecule has 1 fully saturated rings. The highest BCUT2D eigenvalue weighted by atomic mass is 16.2. The van der Waals surface area contributed by atoms with Gasteiger partial charge in [-0.2, -0.15) is 0 Å². The summed E-state index contributed by atoms with van der Waals surface area (Å²) in [6.45, 7) is 0. The Morgan fingerprint density at radius 3 is 2.22 bits per heavy atom. The van der Waals surface area contributed by atoms with Crippen molar-refractivity contribution in [3.05, 3.63) is 90.3 Å². The molecule has 0 aliphatic carbocycles. The Bertz CT molecular complexity index is 1000. The maximum absolute atomic E-state index is 13.4. The van der Waals surface area contributed by atoms with Crippen molar-refractivity contribution in [2.75, 3.05) is 14.1 Å². The van der Waals surface area contributed by atoms with Crippen LogP contribution in [0.15, 0.2) is 79.1 Å². The molecule has 1 saturated heterocycles. The van der Waals surface area contributed by atoms with Crippen molar-refractivity contribution >= 4 is 11.9 Å². The molecule has 2 heterocycles. The first kappa shape index (κ1) is 17.0. The molecule has 0 saturated carbocycles. The first-order chi connectivity index (χ1) is 13.1. The molecule has 5 heteroatoms. The van der Waals surface area contributed by atoms with Gasteiger partial charge in [-0.3, -0.25) is 20.1 Å². The highest BCUT2D eigenvalue weighted by Crippen LogP contribution is 2.42. The van der Waals surface area contributed by atoms with Crippen LogP contribution in [-0.4, -0.2) is 40.7 Å². The second kappa shape index (κ2) is 6.36. The van der Waals surface area contributed by atoms with Crippen molar-refractivity contribution in [2.45, 2.75) is 5.54 Å². The number of pyridine rings is 1. The van der Waals surface area contributed by atoms with Gasteiger partial charge in [0.15, 0.2) is 5.54 Å². The second-order valence-electron chi connectivity index (χ2n) is 6.65. The number of nitrogens with one attached hydrogen (secondary N) is 1. The second-order valence-corrected chi connectivity index (χ2v) is 6.65. The van der Waals surface area contributed by atoms with E-state index in [1.54, 1.807) is 25.2 Å². The average Bonchev–Trinajstić information content (AvgIpc) is 2.90. The Morgan fingerprint density at radius 1 is 0.889 bits per heavy atom. The van der Waals surface area contributed by atoms with E-state index in [4.69, 9.17) is 5.41 Å². The number of likely N-dealkylation sites (N-methyl/N-ethyl adjacent to an activating group) is 2. The molecule has 1 aliphatic rings. The van der Waals surface area contributed by atoms with Gasteiger partial charge in [0.25, 0.3) is 5.91 Å². The van der Waals surface area contributed by atoms with Crippen molar-refractivity contribution in [3.8, 4) is 11.1 Å². The molecule has 1 aliphatic heterocycles. The van der Waals surface area contributed by atoms with Crippen LogP contribution in [0.4, 0.5) is 0 Å². The molecule has 2 aromatic carbocycles. The van der Waals surface area contributed by atoms with Crippen LogP contribution >= 0.6 is 0 Å². The lowest BCUT2D eigenvalue weighted by molar-refractivity contribution is -0.130. The number of amides is 1. The summed E-state index contributed by atoms with van der Waals surface area (Å²) in [5.41, 5.74) is 2.58.